The number of likely N-dealkylation sites (N-methyl/N-ethyl adjacent to an activating group) is 1. The molecule has 4 rings (SSSR count). The number of carbonyl (C=O) groups excluding carboxylic acids is 1. The number of hydrogen-bond donors (Lipinski definition) is 2. The van der Waals surface area contributed by atoms with Crippen molar-refractivity contribution in [2.75, 3.05) is 7.05 Å². The minimum atomic E-state index is -4.95. The molecule has 0 unspecified atom stereocenters. The smallest absolute Gasteiger partial charge is 0.373 e. The number of rotatable bonds is 6. The molecule has 2 aromatic rings. The van der Waals surface area contributed by atoms with Gasteiger partial charge in [-0.1, -0.05) is 12.1 Å². The Morgan fingerprint density at radius 1 is 0.972 bits per heavy atom. The molecule has 0 aromatic heterocycles. The van der Waals surface area contributed by atoms with Gasteiger partial charge in [-0.15, -0.1) is 0 Å². The molecule has 1 saturated heterocycles. The van der Waals surface area contributed by atoms with Crippen molar-refractivity contribution >= 4 is 5.91 Å². The fourth-order valence-electron chi connectivity index (χ4n) is 5.32. The van der Waals surface area contributed by atoms with Crippen molar-refractivity contribution in [3.63, 3.8) is 0 Å². The zero-order valence-corrected chi connectivity index (χ0v) is 19.2. The van der Waals surface area contributed by atoms with Gasteiger partial charge in [0, 0.05) is 12.0 Å². The number of ether oxygens (including phenoxy) is 1. The summed E-state index contributed by atoms with van der Waals surface area (Å²) < 4.78 is 98.9. The van der Waals surface area contributed by atoms with Crippen molar-refractivity contribution in [2.45, 2.75) is 62.3 Å². The standard InChI is InChI=1S/C25H25F7N2O2/c1-33-20-11-19(34-23(20)35)18-6-7-21(22(18)14-2-4-17(26)5-3-14)36-12-13-8-15(24(27,28)29)10-16(9-13)25(30,31)32/h2-5,8-10,18-22,33H,6-7,11-12H2,1H3,(H,34,35)/t18-,19+,20+,21-,22-/m0/s1. The predicted molar refractivity (Wildman–Crippen MR) is 116 cm³/mol. The summed E-state index contributed by atoms with van der Waals surface area (Å²) in [7, 11) is 1.68. The molecule has 11 heteroatoms. The molecular weight excluding hydrogens is 493 g/mol. The highest BCUT2D eigenvalue weighted by molar-refractivity contribution is 5.84. The van der Waals surface area contributed by atoms with Crippen molar-refractivity contribution in [2.24, 2.45) is 5.92 Å². The lowest BCUT2D eigenvalue weighted by Crippen LogP contribution is -2.37. The molecule has 2 N–H and O–H groups in total. The van der Waals surface area contributed by atoms with E-state index in [1.54, 1.807) is 19.2 Å². The van der Waals surface area contributed by atoms with E-state index in [1.165, 1.54) is 12.1 Å². The SMILES string of the molecule is CN[C@@H]1C[C@H]([C@@H]2CC[C@H](OCc3cc(C(F)(F)F)cc(C(F)(F)F)c3)[C@H]2c2ccc(F)cc2)NC1=O. The van der Waals surface area contributed by atoms with Crippen LogP contribution in [0.5, 0.6) is 0 Å². The molecule has 1 amide bonds. The topological polar surface area (TPSA) is 50.4 Å². The van der Waals surface area contributed by atoms with Crippen LogP contribution in [0, 0.1) is 11.7 Å². The molecule has 0 bridgehead atoms. The summed E-state index contributed by atoms with van der Waals surface area (Å²) in [6, 6.07) is 6.57. The monoisotopic (exact) mass is 518 g/mol. The van der Waals surface area contributed by atoms with Gasteiger partial charge in [0.25, 0.3) is 0 Å². The second kappa shape index (κ2) is 10.0. The third-order valence-electron chi connectivity index (χ3n) is 7.01. The quantitative estimate of drug-likeness (QED) is 0.503. The summed E-state index contributed by atoms with van der Waals surface area (Å²) in [4.78, 5) is 12.2. The van der Waals surface area contributed by atoms with Crippen LogP contribution >= 0.6 is 0 Å². The maximum absolute atomic E-state index is 13.6. The van der Waals surface area contributed by atoms with Crippen molar-refractivity contribution in [1.82, 2.24) is 10.6 Å². The number of halogens is 7. The fraction of sp³-hybridized carbons (Fsp3) is 0.480. The van der Waals surface area contributed by atoms with Crippen LogP contribution in [0.1, 0.15) is 47.4 Å². The van der Waals surface area contributed by atoms with Gasteiger partial charge in [-0.25, -0.2) is 4.39 Å². The molecule has 1 aliphatic heterocycles. The Bertz CT molecular complexity index is 1050. The van der Waals surface area contributed by atoms with Crippen molar-refractivity contribution in [1.29, 1.82) is 0 Å². The molecule has 1 heterocycles. The van der Waals surface area contributed by atoms with Crippen LogP contribution < -0.4 is 10.6 Å². The second-order valence-corrected chi connectivity index (χ2v) is 9.27. The van der Waals surface area contributed by atoms with E-state index in [1.807, 2.05) is 0 Å². The van der Waals surface area contributed by atoms with Gasteiger partial charge in [-0.05, 0) is 73.7 Å². The first kappa shape index (κ1) is 26.4. The first-order valence-corrected chi connectivity index (χ1v) is 11.5. The fourth-order valence-corrected chi connectivity index (χ4v) is 5.32. The average molecular weight is 518 g/mol. The minimum absolute atomic E-state index is 0.0807. The Morgan fingerprint density at radius 3 is 2.11 bits per heavy atom. The summed E-state index contributed by atoms with van der Waals surface area (Å²) in [5.74, 6) is -1.03. The van der Waals surface area contributed by atoms with E-state index in [2.05, 4.69) is 10.6 Å². The third-order valence-corrected chi connectivity index (χ3v) is 7.01. The number of hydrogen-bond acceptors (Lipinski definition) is 3. The van der Waals surface area contributed by atoms with Gasteiger partial charge in [0.05, 0.1) is 29.9 Å². The summed E-state index contributed by atoms with van der Waals surface area (Å²) >= 11 is 0. The van der Waals surface area contributed by atoms with Gasteiger partial charge in [-0.2, -0.15) is 26.3 Å². The average Bonchev–Trinajstić information content (AvgIpc) is 3.40. The zero-order valence-electron chi connectivity index (χ0n) is 19.2. The highest BCUT2D eigenvalue weighted by Crippen LogP contribution is 2.45. The molecule has 1 aliphatic carbocycles. The van der Waals surface area contributed by atoms with Gasteiger partial charge in [0.1, 0.15) is 5.82 Å². The third kappa shape index (κ3) is 5.67. The van der Waals surface area contributed by atoms with Crippen molar-refractivity contribution in [3.05, 3.63) is 70.5 Å². The van der Waals surface area contributed by atoms with Crippen LogP contribution in [0.4, 0.5) is 30.7 Å². The minimum Gasteiger partial charge on any atom is -0.373 e. The molecule has 36 heavy (non-hydrogen) atoms. The van der Waals surface area contributed by atoms with Crippen molar-refractivity contribution in [3.8, 4) is 0 Å². The van der Waals surface area contributed by atoms with Crippen LogP contribution in [-0.2, 0) is 28.5 Å². The van der Waals surface area contributed by atoms with Crippen molar-refractivity contribution < 1.29 is 40.3 Å². The second-order valence-electron chi connectivity index (χ2n) is 9.27. The Balaban J connectivity index is 1.59. The summed E-state index contributed by atoms with van der Waals surface area (Å²) in [6.45, 7) is -0.460. The van der Waals surface area contributed by atoms with Crippen LogP contribution in [0.25, 0.3) is 0 Å². The number of benzene rings is 2. The van der Waals surface area contributed by atoms with Gasteiger partial charge in [0.2, 0.25) is 5.91 Å². The molecule has 1 saturated carbocycles. The first-order valence-electron chi connectivity index (χ1n) is 11.5. The number of amides is 1. The van der Waals surface area contributed by atoms with E-state index in [0.717, 1.165) is 5.56 Å². The number of nitrogens with one attached hydrogen (secondary N) is 2. The van der Waals surface area contributed by atoms with Gasteiger partial charge in [-0.3, -0.25) is 4.79 Å². The molecule has 2 aromatic carbocycles. The Morgan fingerprint density at radius 2 is 1.58 bits per heavy atom. The maximum atomic E-state index is 13.6. The summed E-state index contributed by atoms with van der Waals surface area (Å²) in [5.41, 5.74) is -2.32. The van der Waals surface area contributed by atoms with E-state index >= 15 is 0 Å². The van der Waals surface area contributed by atoms with Crippen LogP contribution in [0.3, 0.4) is 0 Å². The van der Waals surface area contributed by atoms with Gasteiger partial charge < -0.3 is 15.4 Å². The molecule has 5 atom stereocenters. The maximum Gasteiger partial charge on any atom is 0.416 e. The number of carbonyl (C=O) groups is 1. The Kier molecular flexibility index (Phi) is 7.34. The summed E-state index contributed by atoms with van der Waals surface area (Å²) in [5, 5.41) is 5.91. The lowest BCUT2D eigenvalue weighted by atomic mass is 9.82. The summed E-state index contributed by atoms with van der Waals surface area (Å²) in [6.07, 6.45) is -8.83. The molecule has 196 valence electrons. The molecule has 0 spiro atoms. The highest BCUT2D eigenvalue weighted by Gasteiger charge is 2.46. The predicted octanol–water partition coefficient (Wildman–Crippen LogP) is 5.42. The largest absolute Gasteiger partial charge is 0.416 e. The highest BCUT2D eigenvalue weighted by atomic mass is 19.4. The lowest BCUT2D eigenvalue weighted by Gasteiger charge is -2.29. The number of alkyl halides is 6. The Labute approximate surface area is 203 Å². The van der Waals surface area contributed by atoms with Crippen LogP contribution in [0.15, 0.2) is 42.5 Å². The van der Waals surface area contributed by atoms with E-state index in [4.69, 9.17) is 4.74 Å². The molecular formula is C25H25F7N2O2. The van der Waals surface area contributed by atoms with E-state index in [-0.39, 0.29) is 41.5 Å². The van der Waals surface area contributed by atoms with E-state index in [0.29, 0.717) is 31.4 Å². The molecule has 4 nitrogen and oxygen atoms in total. The molecule has 0 radical (unpaired) electrons. The van der Waals surface area contributed by atoms with Gasteiger partial charge in [0.15, 0.2) is 0 Å². The van der Waals surface area contributed by atoms with Gasteiger partial charge >= 0.3 is 12.4 Å². The van der Waals surface area contributed by atoms with E-state index in [9.17, 15) is 35.5 Å². The zero-order chi connectivity index (χ0) is 26.3. The first-order chi connectivity index (χ1) is 16.9. The lowest BCUT2D eigenvalue weighted by molar-refractivity contribution is -0.143. The van der Waals surface area contributed by atoms with Crippen LogP contribution in [-0.4, -0.2) is 31.1 Å². The molecule has 2 aliphatic rings. The van der Waals surface area contributed by atoms with E-state index < -0.39 is 42.0 Å². The van der Waals surface area contributed by atoms with Crippen LogP contribution in [0.2, 0.25) is 0 Å². The Hall–Kier alpha value is -2.66. The normalized spacial score (nSPS) is 26.9. The molecule has 2 fully saturated rings.